The van der Waals surface area contributed by atoms with Gasteiger partial charge in [0.2, 0.25) is 10.0 Å². The Hall–Kier alpha value is -0.620. The van der Waals surface area contributed by atoms with Crippen LogP contribution in [0.1, 0.15) is 12.0 Å². The number of halogens is 1. The summed E-state index contributed by atoms with van der Waals surface area (Å²) in [5, 5.41) is 0. The van der Waals surface area contributed by atoms with Gasteiger partial charge in [0.05, 0.1) is 5.75 Å². The van der Waals surface area contributed by atoms with E-state index >= 15 is 0 Å². The molecule has 0 aromatic heterocycles. The second-order valence-electron chi connectivity index (χ2n) is 4.49. The van der Waals surface area contributed by atoms with E-state index in [9.17, 15) is 8.42 Å². The normalized spacial score (nSPS) is 20.6. The summed E-state index contributed by atoms with van der Waals surface area (Å²) in [6.45, 7) is 1.75. The summed E-state index contributed by atoms with van der Waals surface area (Å²) in [5.74, 6) is 0.408. The van der Waals surface area contributed by atoms with E-state index in [1.54, 1.807) is 4.31 Å². The summed E-state index contributed by atoms with van der Waals surface area (Å²) >= 11 is 0. The number of rotatable bonds is 4. The number of hydrogen-bond donors (Lipinski definition) is 1. The van der Waals surface area contributed by atoms with Crippen molar-refractivity contribution in [3.05, 3.63) is 35.9 Å². The molecule has 0 spiro atoms. The van der Waals surface area contributed by atoms with Gasteiger partial charge in [0.1, 0.15) is 0 Å². The molecule has 0 amide bonds. The molecule has 1 aliphatic rings. The summed E-state index contributed by atoms with van der Waals surface area (Å²) < 4.78 is 25.9. The quantitative estimate of drug-likeness (QED) is 0.907. The van der Waals surface area contributed by atoms with E-state index in [4.69, 9.17) is 5.73 Å². The summed E-state index contributed by atoms with van der Waals surface area (Å²) in [4.78, 5) is 0. The van der Waals surface area contributed by atoms with Crippen molar-refractivity contribution in [2.24, 2.45) is 11.7 Å². The first kappa shape index (κ1) is 15.4. The highest BCUT2D eigenvalue weighted by atomic mass is 35.5. The van der Waals surface area contributed by atoms with E-state index in [0.717, 1.165) is 12.0 Å². The van der Waals surface area contributed by atoms with Crippen LogP contribution in [0.4, 0.5) is 0 Å². The van der Waals surface area contributed by atoms with Crippen LogP contribution in [0.3, 0.4) is 0 Å². The van der Waals surface area contributed by atoms with Gasteiger partial charge in [-0.2, -0.15) is 0 Å². The zero-order valence-electron chi connectivity index (χ0n) is 10.2. The smallest absolute Gasteiger partial charge is 0.218 e. The van der Waals surface area contributed by atoms with Gasteiger partial charge in [-0.25, -0.2) is 12.7 Å². The van der Waals surface area contributed by atoms with E-state index in [1.807, 2.05) is 30.3 Å². The van der Waals surface area contributed by atoms with Crippen LogP contribution < -0.4 is 5.73 Å². The molecule has 0 aliphatic carbocycles. The highest BCUT2D eigenvalue weighted by Gasteiger charge is 2.30. The Morgan fingerprint density at radius 2 is 1.94 bits per heavy atom. The van der Waals surface area contributed by atoms with E-state index in [1.165, 1.54) is 0 Å². The molecule has 0 saturated carbocycles. The van der Waals surface area contributed by atoms with Crippen molar-refractivity contribution in [3.63, 3.8) is 0 Å². The van der Waals surface area contributed by atoms with Crippen LogP contribution in [0.25, 0.3) is 0 Å². The van der Waals surface area contributed by atoms with Crippen LogP contribution in [-0.2, 0) is 15.8 Å². The second-order valence-corrected chi connectivity index (χ2v) is 6.46. The third-order valence-electron chi connectivity index (χ3n) is 3.17. The molecule has 1 aromatic rings. The van der Waals surface area contributed by atoms with Crippen molar-refractivity contribution < 1.29 is 8.42 Å². The molecule has 1 heterocycles. The Labute approximate surface area is 115 Å². The molecule has 6 heteroatoms. The van der Waals surface area contributed by atoms with Gasteiger partial charge in [0.15, 0.2) is 0 Å². The lowest BCUT2D eigenvalue weighted by atomic mass is 10.1. The molecule has 0 bridgehead atoms. The number of benzene rings is 1. The van der Waals surface area contributed by atoms with E-state index < -0.39 is 10.0 Å². The molecule has 0 radical (unpaired) electrons. The van der Waals surface area contributed by atoms with Gasteiger partial charge < -0.3 is 5.73 Å². The largest absolute Gasteiger partial charge is 0.330 e. The zero-order valence-corrected chi connectivity index (χ0v) is 11.8. The summed E-state index contributed by atoms with van der Waals surface area (Å²) in [7, 11) is -3.18. The maximum absolute atomic E-state index is 12.1. The third-order valence-corrected chi connectivity index (χ3v) is 4.98. The lowest BCUT2D eigenvalue weighted by molar-refractivity contribution is 0.458. The van der Waals surface area contributed by atoms with Crippen LogP contribution in [-0.4, -0.2) is 32.4 Å². The lowest BCUT2D eigenvalue weighted by Crippen LogP contribution is -2.31. The standard InChI is InChI=1S/C12H18N2O2S.ClH/c13-8-12-6-7-14(9-12)17(15,16)10-11-4-2-1-3-5-11;/h1-5,12H,6-10,13H2;1H. The number of nitrogens with two attached hydrogens (primary N) is 1. The fourth-order valence-corrected chi connectivity index (χ4v) is 3.74. The van der Waals surface area contributed by atoms with Gasteiger partial charge in [0, 0.05) is 13.1 Å². The molecule has 102 valence electrons. The fraction of sp³-hybridized carbons (Fsp3) is 0.500. The van der Waals surface area contributed by atoms with Gasteiger partial charge in [-0.3, -0.25) is 0 Å². The monoisotopic (exact) mass is 290 g/mol. The van der Waals surface area contributed by atoms with Crippen LogP contribution in [0, 0.1) is 5.92 Å². The average Bonchev–Trinajstić information content (AvgIpc) is 2.79. The average molecular weight is 291 g/mol. The van der Waals surface area contributed by atoms with E-state index in [0.29, 0.717) is 25.6 Å². The van der Waals surface area contributed by atoms with Gasteiger partial charge in [-0.05, 0) is 24.4 Å². The Morgan fingerprint density at radius 3 is 2.50 bits per heavy atom. The number of hydrogen-bond acceptors (Lipinski definition) is 3. The first-order valence-corrected chi connectivity index (χ1v) is 7.44. The second kappa shape index (κ2) is 6.52. The van der Waals surface area contributed by atoms with Gasteiger partial charge in [-0.15, -0.1) is 12.4 Å². The van der Waals surface area contributed by atoms with Gasteiger partial charge >= 0.3 is 0 Å². The predicted molar refractivity (Wildman–Crippen MR) is 75.0 cm³/mol. The van der Waals surface area contributed by atoms with Gasteiger partial charge in [0.25, 0.3) is 0 Å². The lowest BCUT2D eigenvalue weighted by Gasteiger charge is -2.16. The van der Waals surface area contributed by atoms with Crippen molar-refractivity contribution >= 4 is 22.4 Å². The first-order chi connectivity index (χ1) is 8.12. The Bertz CT molecular complexity index is 464. The van der Waals surface area contributed by atoms with Crippen LogP contribution in [0.2, 0.25) is 0 Å². The molecule has 1 fully saturated rings. The highest BCUT2D eigenvalue weighted by Crippen LogP contribution is 2.20. The molecular formula is C12H19ClN2O2S. The van der Waals surface area contributed by atoms with Crippen LogP contribution in [0.15, 0.2) is 30.3 Å². The van der Waals surface area contributed by atoms with Crippen LogP contribution >= 0.6 is 12.4 Å². The molecule has 2 rings (SSSR count). The molecule has 1 unspecified atom stereocenters. The number of sulfonamides is 1. The zero-order chi connectivity index (χ0) is 12.3. The third kappa shape index (κ3) is 3.68. The van der Waals surface area contributed by atoms with Crippen LogP contribution in [0.5, 0.6) is 0 Å². The van der Waals surface area contributed by atoms with E-state index in [-0.39, 0.29) is 18.2 Å². The maximum atomic E-state index is 12.1. The molecule has 1 aromatic carbocycles. The summed E-state index contributed by atoms with van der Waals surface area (Å²) in [6, 6.07) is 9.29. The van der Waals surface area contributed by atoms with Crippen molar-refractivity contribution in [3.8, 4) is 0 Å². The maximum Gasteiger partial charge on any atom is 0.218 e. The van der Waals surface area contributed by atoms with Crippen molar-refractivity contribution in [2.75, 3.05) is 19.6 Å². The molecule has 1 atom stereocenters. The summed E-state index contributed by atoms with van der Waals surface area (Å²) in [5.41, 5.74) is 6.41. The molecule has 2 N–H and O–H groups in total. The SMILES string of the molecule is Cl.NCC1CCN(S(=O)(=O)Cc2ccccc2)C1. The Morgan fingerprint density at radius 1 is 1.28 bits per heavy atom. The minimum absolute atomic E-state index is 0. The van der Waals surface area contributed by atoms with Gasteiger partial charge in [-0.1, -0.05) is 30.3 Å². The first-order valence-electron chi connectivity index (χ1n) is 5.83. The Balaban J connectivity index is 0.00000162. The Kier molecular flexibility index (Phi) is 5.59. The topological polar surface area (TPSA) is 63.4 Å². The van der Waals surface area contributed by atoms with Crippen molar-refractivity contribution in [1.82, 2.24) is 4.31 Å². The van der Waals surface area contributed by atoms with Crippen molar-refractivity contribution in [1.29, 1.82) is 0 Å². The molecule has 1 saturated heterocycles. The predicted octanol–water partition coefficient (Wildman–Crippen LogP) is 1.22. The minimum atomic E-state index is -3.18. The highest BCUT2D eigenvalue weighted by molar-refractivity contribution is 7.88. The number of nitrogens with zero attached hydrogens (tertiary/aromatic N) is 1. The molecule has 1 aliphatic heterocycles. The van der Waals surface area contributed by atoms with Crippen molar-refractivity contribution in [2.45, 2.75) is 12.2 Å². The summed E-state index contributed by atoms with van der Waals surface area (Å²) in [6.07, 6.45) is 0.879. The molecule has 4 nitrogen and oxygen atoms in total. The minimum Gasteiger partial charge on any atom is -0.330 e. The van der Waals surface area contributed by atoms with E-state index in [2.05, 4.69) is 0 Å². The molecule has 18 heavy (non-hydrogen) atoms. The fourth-order valence-electron chi connectivity index (χ4n) is 2.12. The molecular weight excluding hydrogens is 272 g/mol.